The van der Waals surface area contributed by atoms with E-state index in [2.05, 4.69) is 0 Å². The number of aliphatic carboxylic acids is 2. The van der Waals surface area contributed by atoms with Crippen molar-refractivity contribution in [2.24, 2.45) is 5.73 Å². The van der Waals surface area contributed by atoms with E-state index in [0.29, 0.717) is 0 Å². The van der Waals surface area contributed by atoms with E-state index in [1.807, 2.05) is 0 Å². The van der Waals surface area contributed by atoms with Gasteiger partial charge in [-0.25, -0.2) is 0 Å². The second-order valence-electron chi connectivity index (χ2n) is 1.24. The summed E-state index contributed by atoms with van der Waals surface area (Å²) in [6.45, 7) is 0. The monoisotopic (exact) mass is 137 g/mol. The van der Waals surface area contributed by atoms with Crippen molar-refractivity contribution in [3.63, 3.8) is 0 Å². The van der Waals surface area contributed by atoms with E-state index in [4.69, 9.17) is 18.7 Å². The molecule has 0 aliphatic heterocycles. The van der Waals surface area contributed by atoms with Crippen LogP contribution in [0.15, 0.2) is 0 Å². The van der Waals surface area contributed by atoms with Gasteiger partial charge in [0.1, 0.15) is 6.02 Å². The predicted molar refractivity (Wildman–Crippen MR) is 27.9 cm³/mol. The molecule has 0 saturated carbocycles. The van der Waals surface area contributed by atoms with Crippen molar-refractivity contribution < 1.29 is 22.5 Å². The lowest BCUT2D eigenvalue weighted by atomic mass is 10.8. The molecule has 0 aromatic heterocycles. The van der Waals surface area contributed by atoms with E-state index >= 15 is 0 Å². The van der Waals surface area contributed by atoms with Crippen LogP contribution in [-0.2, 0) is 9.59 Å². The molecular weight excluding hydrogens is 128 g/mol. The molecule has 52 valence electrons. The Morgan fingerprint density at radius 2 is 2.22 bits per heavy atom. The zero-order valence-electron chi connectivity index (χ0n) is 6.37. The molecule has 0 rings (SSSR count). The summed E-state index contributed by atoms with van der Waals surface area (Å²) >= 11 is 0. The Kier molecular flexibility index (Phi) is 1.60. The molecule has 5 heteroatoms. The summed E-state index contributed by atoms with van der Waals surface area (Å²) in [4.78, 5) is 20.1. The van der Waals surface area contributed by atoms with Crippen molar-refractivity contribution in [1.29, 1.82) is 0 Å². The van der Waals surface area contributed by atoms with Crippen molar-refractivity contribution in [1.82, 2.24) is 0 Å². The second-order valence-corrected chi connectivity index (χ2v) is 1.24. The Morgan fingerprint density at radius 1 is 1.78 bits per heavy atom. The third-order valence-corrected chi connectivity index (χ3v) is 0.526. The maximum Gasteiger partial charge on any atom is 0.321 e. The smallest absolute Gasteiger partial charge is 0.321 e. The van der Waals surface area contributed by atoms with Gasteiger partial charge in [-0.05, 0) is 0 Å². The summed E-state index contributed by atoms with van der Waals surface area (Å²) in [5, 5.41) is 16.3. The average Bonchev–Trinajstić information content (AvgIpc) is 1.85. The highest BCUT2D eigenvalue weighted by Gasteiger charge is 2.14. The van der Waals surface area contributed by atoms with Crippen LogP contribution in [0.2, 0.25) is 0 Å². The summed E-state index contributed by atoms with van der Waals surface area (Å²) in [5.41, 5.74) is 4.70. The summed E-state index contributed by atoms with van der Waals surface area (Å²) in [6, 6.07) is -2.79. The molecule has 0 bridgehead atoms. The fourth-order valence-electron chi connectivity index (χ4n) is 0.195. The van der Waals surface area contributed by atoms with Gasteiger partial charge in [-0.15, -0.1) is 0 Å². The highest BCUT2D eigenvalue weighted by molar-refractivity contribution is 5.80. The quantitative estimate of drug-likeness (QED) is 0.427. The molecule has 0 amide bonds. The van der Waals surface area contributed by atoms with Crippen LogP contribution in [0.3, 0.4) is 0 Å². The van der Waals surface area contributed by atoms with Gasteiger partial charge >= 0.3 is 11.9 Å². The Bertz CT molecular complexity index is 193. The molecule has 0 aromatic carbocycles. The SMILES string of the molecule is [2H][13CH](C(=O)O)[13C]([2H])(N)C(=O)O. The molecule has 0 aromatic rings. The van der Waals surface area contributed by atoms with E-state index in [1.165, 1.54) is 0 Å². The summed E-state index contributed by atoms with van der Waals surface area (Å²) in [6.07, 6.45) is -2.18. The Labute approximate surface area is 53.9 Å². The fraction of sp³-hybridized carbons (Fsp3) is 0.500. The van der Waals surface area contributed by atoms with Gasteiger partial charge in [-0.2, -0.15) is 0 Å². The zero-order chi connectivity index (χ0) is 9.23. The number of carboxylic acid groups (broad SMARTS) is 2. The number of carboxylic acids is 2. The second kappa shape index (κ2) is 3.03. The first-order valence-corrected chi connectivity index (χ1v) is 1.97. The van der Waals surface area contributed by atoms with Crippen LogP contribution in [0, 0.1) is 0 Å². The minimum Gasteiger partial charge on any atom is -0.481 e. The van der Waals surface area contributed by atoms with Gasteiger partial charge in [0, 0.05) is 1.37 Å². The van der Waals surface area contributed by atoms with Gasteiger partial charge < -0.3 is 15.9 Å². The lowest BCUT2D eigenvalue weighted by Crippen LogP contribution is -2.32. The Hall–Kier alpha value is -1.10. The van der Waals surface area contributed by atoms with Crippen LogP contribution in [0.1, 0.15) is 9.14 Å². The van der Waals surface area contributed by atoms with Crippen LogP contribution in [0.25, 0.3) is 0 Å². The topological polar surface area (TPSA) is 101 Å². The lowest BCUT2D eigenvalue weighted by molar-refractivity contribution is -0.144. The van der Waals surface area contributed by atoms with E-state index in [1.54, 1.807) is 0 Å². The summed E-state index contributed by atoms with van der Waals surface area (Å²) in [5.74, 6) is -3.56. The highest BCUT2D eigenvalue weighted by Crippen LogP contribution is 1.86. The summed E-state index contributed by atoms with van der Waals surface area (Å²) in [7, 11) is 0. The van der Waals surface area contributed by atoms with Crippen LogP contribution in [0.5, 0.6) is 0 Å². The molecule has 0 aliphatic rings. The molecule has 0 spiro atoms. The van der Waals surface area contributed by atoms with Crippen molar-refractivity contribution >= 4 is 11.9 Å². The van der Waals surface area contributed by atoms with Gasteiger partial charge in [0.25, 0.3) is 0 Å². The lowest BCUT2D eigenvalue weighted by Gasteiger charge is -1.99. The van der Waals surface area contributed by atoms with Crippen molar-refractivity contribution in [2.75, 3.05) is 0 Å². The molecule has 0 radical (unpaired) electrons. The van der Waals surface area contributed by atoms with Crippen molar-refractivity contribution in [3.05, 3.63) is 0 Å². The van der Waals surface area contributed by atoms with Crippen molar-refractivity contribution in [3.8, 4) is 0 Å². The normalized spacial score (nSPS) is 22.8. The number of hydrogen-bond acceptors (Lipinski definition) is 3. The Balaban J connectivity index is 4.55. The zero-order valence-corrected chi connectivity index (χ0v) is 4.37. The van der Waals surface area contributed by atoms with E-state index in [0.717, 1.165) is 0 Å². The molecule has 0 heterocycles. The molecule has 2 unspecified atom stereocenters. The van der Waals surface area contributed by atoms with Gasteiger partial charge in [0.2, 0.25) is 0 Å². The van der Waals surface area contributed by atoms with Gasteiger partial charge in [-0.3, -0.25) is 9.59 Å². The third-order valence-electron chi connectivity index (χ3n) is 0.526. The minimum atomic E-state index is -2.79. The largest absolute Gasteiger partial charge is 0.481 e. The first kappa shape index (κ1) is 4.75. The molecule has 0 saturated heterocycles. The maximum absolute atomic E-state index is 10.1. The van der Waals surface area contributed by atoms with Crippen LogP contribution in [0.4, 0.5) is 0 Å². The molecule has 9 heavy (non-hydrogen) atoms. The summed E-state index contributed by atoms with van der Waals surface area (Å²) < 4.78 is 13.4. The number of carbonyl (C=O) groups is 2. The van der Waals surface area contributed by atoms with Crippen LogP contribution < -0.4 is 5.73 Å². The molecule has 5 nitrogen and oxygen atoms in total. The molecule has 0 fully saturated rings. The van der Waals surface area contributed by atoms with E-state index in [9.17, 15) is 9.59 Å². The van der Waals surface area contributed by atoms with E-state index in [-0.39, 0.29) is 0 Å². The minimum absolute atomic E-state index is 1.73. The van der Waals surface area contributed by atoms with Crippen molar-refractivity contribution in [2.45, 2.75) is 12.4 Å². The van der Waals surface area contributed by atoms with Gasteiger partial charge in [0.05, 0.1) is 7.77 Å². The highest BCUT2D eigenvalue weighted by atomic mass is 16.4. The van der Waals surface area contributed by atoms with Crippen LogP contribution >= 0.6 is 0 Å². The average molecular weight is 137 g/mol. The number of nitrogens with two attached hydrogens (primary N) is 1. The molecular formula is C4H7NO4. The third kappa shape index (κ3) is 3.48. The first-order valence-electron chi connectivity index (χ1n) is 3.05. The first-order chi connectivity index (χ1) is 4.80. The molecule has 0 aliphatic carbocycles. The standard InChI is InChI=1S/C4H7NO4/c5-2(4(8)9)1-3(6)7/h2H,1,5H2,(H,6,7)(H,8,9)/i1+1D,2+1D. The predicted octanol–water partition coefficient (Wildman–Crippen LogP) is -1.13. The van der Waals surface area contributed by atoms with E-state index < -0.39 is 24.4 Å². The fourth-order valence-corrected chi connectivity index (χ4v) is 0.195. The number of hydrogen-bond donors (Lipinski definition) is 3. The van der Waals surface area contributed by atoms with Gasteiger partial charge in [-0.1, -0.05) is 0 Å². The Morgan fingerprint density at radius 3 is 2.33 bits per heavy atom. The maximum atomic E-state index is 10.1. The van der Waals surface area contributed by atoms with Crippen LogP contribution in [-0.4, -0.2) is 28.2 Å². The molecule has 2 atom stereocenters. The molecule has 4 N–H and O–H groups in total. The number of rotatable bonds is 3. The van der Waals surface area contributed by atoms with Gasteiger partial charge in [0.15, 0.2) is 0 Å².